The molecule has 5 heterocycles. The van der Waals surface area contributed by atoms with Crippen molar-refractivity contribution in [1.29, 1.82) is 0 Å². The van der Waals surface area contributed by atoms with E-state index in [9.17, 15) is 4.79 Å². The lowest BCUT2D eigenvalue weighted by atomic mass is 10.0. The molecule has 3 aliphatic heterocycles. The predicted octanol–water partition coefficient (Wildman–Crippen LogP) is 3.24. The monoisotopic (exact) mass is 502 g/mol. The molecule has 4 aliphatic rings. The highest BCUT2D eigenvalue weighted by Gasteiger charge is 2.42. The van der Waals surface area contributed by atoms with Gasteiger partial charge in [-0.05, 0) is 67.2 Å². The fourth-order valence-electron chi connectivity index (χ4n) is 6.24. The summed E-state index contributed by atoms with van der Waals surface area (Å²) in [4.78, 5) is 22.9. The molecule has 3 aromatic rings. The van der Waals surface area contributed by atoms with Crippen molar-refractivity contribution in [2.24, 2.45) is 17.8 Å². The second-order valence-corrected chi connectivity index (χ2v) is 11.3. The van der Waals surface area contributed by atoms with E-state index in [4.69, 9.17) is 14.5 Å². The summed E-state index contributed by atoms with van der Waals surface area (Å²) in [5.74, 6) is 2.74. The molecule has 1 N–H and O–H groups in total. The normalized spacial score (nSPS) is 24.6. The van der Waals surface area contributed by atoms with Crippen molar-refractivity contribution in [2.75, 3.05) is 46.0 Å². The maximum atomic E-state index is 13.6. The van der Waals surface area contributed by atoms with Gasteiger partial charge in [-0.15, -0.1) is 0 Å². The summed E-state index contributed by atoms with van der Waals surface area (Å²) in [7, 11) is 0. The van der Waals surface area contributed by atoms with Crippen LogP contribution in [0.1, 0.15) is 53.2 Å². The molecule has 3 saturated heterocycles. The highest BCUT2D eigenvalue weighted by atomic mass is 16.5. The topological polar surface area (TPSA) is 96.5 Å². The summed E-state index contributed by atoms with van der Waals surface area (Å²) in [6.45, 7) is 6.85. The van der Waals surface area contributed by atoms with E-state index >= 15 is 0 Å². The number of benzene rings is 1. The molecule has 7 rings (SSSR count). The van der Waals surface area contributed by atoms with Crippen LogP contribution >= 0.6 is 0 Å². The van der Waals surface area contributed by atoms with E-state index in [2.05, 4.69) is 37.3 Å². The molecule has 9 nitrogen and oxygen atoms in total. The molecule has 2 atom stereocenters. The van der Waals surface area contributed by atoms with Crippen molar-refractivity contribution in [1.82, 2.24) is 30.2 Å². The van der Waals surface area contributed by atoms with E-state index in [1.165, 1.54) is 5.56 Å². The largest absolute Gasteiger partial charge is 0.477 e. The molecule has 9 heteroatoms. The van der Waals surface area contributed by atoms with Crippen LogP contribution in [0, 0.1) is 17.8 Å². The third kappa shape index (κ3) is 4.94. The highest BCUT2D eigenvalue weighted by molar-refractivity contribution is 5.95. The van der Waals surface area contributed by atoms with Crippen molar-refractivity contribution >= 4 is 16.9 Å². The smallest absolute Gasteiger partial charge is 0.254 e. The van der Waals surface area contributed by atoms with Crippen LogP contribution in [0.4, 0.5) is 0 Å². The van der Waals surface area contributed by atoms with Crippen LogP contribution in [0.2, 0.25) is 0 Å². The van der Waals surface area contributed by atoms with Gasteiger partial charge in [0.15, 0.2) is 0 Å². The van der Waals surface area contributed by atoms with Gasteiger partial charge in [-0.2, -0.15) is 15.4 Å². The lowest BCUT2D eigenvalue weighted by Crippen LogP contribution is -2.33. The van der Waals surface area contributed by atoms with Crippen LogP contribution < -0.4 is 4.74 Å². The number of pyridine rings is 1. The van der Waals surface area contributed by atoms with Crippen LogP contribution in [0.3, 0.4) is 0 Å². The first kappa shape index (κ1) is 23.1. The zero-order chi connectivity index (χ0) is 24.8. The molecule has 0 spiro atoms. The van der Waals surface area contributed by atoms with Crippen molar-refractivity contribution in [2.45, 2.75) is 38.1 Å². The number of hydrogen-bond acceptors (Lipinski definition) is 7. The van der Waals surface area contributed by atoms with E-state index in [0.29, 0.717) is 36.2 Å². The summed E-state index contributed by atoms with van der Waals surface area (Å²) in [6.07, 6.45) is 4.35. The number of fused-ring (bicyclic) bond motifs is 2. The first-order valence-electron chi connectivity index (χ1n) is 13.7. The SMILES string of the molecule is O=C(c1cc(OCC2CCOCC2)nc(C2CC2)c1)N1C[C@@H]2CN(Cc3ccc4n[nH]nc4c3)C[C@H]2C1. The van der Waals surface area contributed by atoms with Crippen molar-refractivity contribution < 1.29 is 14.3 Å². The van der Waals surface area contributed by atoms with E-state index < -0.39 is 0 Å². The molecule has 0 radical (unpaired) electrons. The van der Waals surface area contributed by atoms with Gasteiger partial charge in [0.2, 0.25) is 5.88 Å². The highest BCUT2D eigenvalue weighted by Crippen LogP contribution is 2.40. The summed E-state index contributed by atoms with van der Waals surface area (Å²) < 4.78 is 11.6. The Morgan fingerprint density at radius 3 is 2.54 bits per heavy atom. The van der Waals surface area contributed by atoms with Gasteiger partial charge in [0.1, 0.15) is 11.0 Å². The Bertz CT molecular complexity index is 1270. The number of ether oxygens (including phenoxy) is 2. The molecule has 37 heavy (non-hydrogen) atoms. The Hall–Kier alpha value is -3.04. The Labute approximate surface area is 216 Å². The molecule has 2 aromatic heterocycles. The standard InChI is InChI=1S/C28H34N6O3/c35-28(21-10-25(20-2-3-20)29-27(11-21)37-17-18-5-7-36-8-6-18)34-15-22-13-33(14-23(22)16-34)12-19-1-4-24-26(9-19)31-32-30-24/h1,4,9-11,18,20,22-23H,2-3,5-8,12-17H2,(H,30,31,32)/t22-,23-/m0/s1. The quantitative estimate of drug-likeness (QED) is 0.530. The van der Waals surface area contributed by atoms with Gasteiger partial charge in [-0.25, -0.2) is 4.98 Å². The van der Waals surface area contributed by atoms with E-state index in [1.54, 1.807) is 0 Å². The molecule has 1 aliphatic carbocycles. The second kappa shape index (κ2) is 9.68. The number of hydrogen-bond donors (Lipinski definition) is 1. The predicted molar refractivity (Wildman–Crippen MR) is 137 cm³/mol. The molecule has 4 fully saturated rings. The van der Waals surface area contributed by atoms with Crippen molar-refractivity contribution in [3.05, 3.63) is 47.2 Å². The molecule has 1 saturated carbocycles. The van der Waals surface area contributed by atoms with Gasteiger partial charge in [0.25, 0.3) is 5.91 Å². The molecular weight excluding hydrogens is 468 g/mol. The van der Waals surface area contributed by atoms with Gasteiger partial charge in [0.05, 0.1) is 6.61 Å². The fraction of sp³-hybridized carbons (Fsp3) is 0.571. The summed E-state index contributed by atoms with van der Waals surface area (Å²) in [5, 5.41) is 11.0. The molecule has 0 bridgehead atoms. The Morgan fingerprint density at radius 1 is 0.973 bits per heavy atom. The summed E-state index contributed by atoms with van der Waals surface area (Å²) in [6, 6.07) is 10.2. The number of carbonyl (C=O) groups is 1. The molecule has 1 amide bonds. The minimum absolute atomic E-state index is 0.123. The third-order valence-corrected chi connectivity index (χ3v) is 8.51. The number of nitrogens with one attached hydrogen (secondary N) is 1. The Morgan fingerprint density at radius 2 is 1.76 bits per heavy atom. The van der Waals surface area contributed by atoms with E-state index in [0.717, 1.165) is 93.9 Å². The van der Waals surface area contributed by atoms with Gasteiger partial charge in [-0.1, -0.05) is 6.07 Å². The minimum atomic E-state index is 0.123. The lowest BCUT2D eigenvalue weighted by molar-refractivity contribution is 0.0490. The first-order chi connectivity index (χ1) is 18.2. The maximum Gasteiger partial charge on any atom is 0.254 e. The number of H-pyrrole nitrogens is 1. The molecule has 194 valence electrons. The minimum Gasteiger partial charge on any atom is -0.477 e. The number of aromatic amines is 1. The lowest BCUT2D eigenvalue weighted by Gasteiger charge is -2.23. The summed E-state index contributed by atoms with van der Waals surface area (Å²) in [5.41, 5.74) is 4.81. The average Bonchev–Trinajstić information content (AvgIpc) is 3.37. The van der Waals surface area contributed by atoms with Crippen LogP contribution in [0.15, 0.2) is 30.3 Å². The summed E-state index contributed by atoms with van der Waals surface area (Å²) >= 11 is 0. The van der Waals surface area contributed by atoms with Gasteiger partial charge in [0, 0.05) is 69.2 Å². The zero-order valence-electron chi connectivity index (χ0n) is 21.1. The Balaban J connectivity index is 0.990. The second-order valence-electron chi connectivity index (χ2n) is 11.3. The van der Waals surface area contributed by atoms with Crippen LogP contribution in [0.5, 0.6) is 5.88 Å². The number of nitrogens with zero attached hydrogens (tertiary/aromatic N) is 5. The van der Waals surface area contributed by atoms with Crippen LogP contribution in [0.25, 0.3) is 11.0 Å². The van der Waals surface area contributed by atoms with Crippen LogP contribution in [-0.4, -0.2) is 82.1 Å². The van der Waals surface area contributed by atoms with Gasteiger partial charge < -0.3 is 14.4 Å². The van der Waals surface area contributed by atoms with Gasteiger partial charge in [-0.3, -0.25) is 9.69 Å². The number of aromatic nitrogens is 4. The number of amides is 1. The Kier molecular flexibility index (Phi) is 6.05. The van der Waals surface area contributed by atoms with Crippen molar-refractivity contribution in [3.8, 4) is 5.88 Å². The van der Waals surface area contributed by atoms with Gasteiger partial charge >= 0.3 is 0 Å². The number of rotatable bonds is 7. The number of carbonyl (C=O) groups excluding carboxylic acids is 1. The van der Waals surface area contributed by atoms with Crippen molar-refractivity contribution in [3.63, 3.8) is 0 Å². The average molecular weight is 503 g/mol. The van der Waals surface area contributed by atoms with Crippen LogP contribution in [-0.2, 0) is 11.3 Å². The molecule has 0 unspecified atom stereocenters. The maximum absolute atomic E-state index is 13.6. The first-order valence-corrected chi connectivity index (χ1v) is 13.7. The zero-order valence-corrected chi connectivity index (χ0v) is 21.1. The third-order valence-electron chi connectivity index (χ3n) is 8.51. The number of likely N-dealkylation sites (tertiary alicyclic amines) is 2. The van der Waals surface area contributed by atoms with E-state index in [-0.39, 0.29) is 5.91 Å². The molecule has 1 aromatic carbocycles. The fourth-order valence-corrected chi connectivity index (χ4v) is 6.24. The van der Waals surface area contributed by atoms with E-state index in [1.807, 2.05) is 18.2 Å². The molecular formula is C28H34N6O3.